The first kappa shape index (κ1) is 16.5. The molecule has 110 valence electrons. The van der Waals surface area contributed by atoms with Crippen LogP contribution in [0.2, 0.25) is 5.02 Å². The Morgan fingerprint density at radius 2 is 1.90 bits per heavy atom. The van der Waals surface area contributed by atoms with Crippen LogP contribution in [0.1, 0.15) is 30.1 Å². The molecule has 1 unspecified atom stereocenters. The van der Waals surface area contributed by atoms with Crippen LogP contribution in [0.3, 0.4) is 0 Å². The Balaban J connectivity index is 2.40. The monoisotopic (exact) mass is 297 g/mol. The SMILES string of the molecule is CC(NC(=O)c1ccc(Cl)cc1)C(=O)NCCCCN. The summed E-state index contributed by atoms with van der Waals surface area (Å²) in [7, 11) is 0. The van der Waals surface area contributed by atoms with E-state index in [2.05, 4.69) is 10.6 Å². The molecular weight excluding hydrogens is 278 g/mol. The molecule has 1 rings (SSSR count). The molecule has 0 spiro atoms. The van der Waals surface area contributed by atoms with E-state index in [4.69, 9.17) is 17.3 Å². The summed E-state index contributed by atoms with van der Waals surface area (Å²) in [6.45, 7) is 2.82. The fourth-order valence-electron chi connectivity index (χ4n) is 1.58. The van der Waals surface area contributed by atoms with Gasteiger partial charge in [0.25, 0.3) is 5.91 Å². The van der Waals surface area contributed by atoms with Crippen LogP contribution < -0.4 is 16.4 Å². The zero-order valence-corrected chi connectivity index (χ0v) is 12.2. The molecule has 1 aromatic rings. The normalized spacial score (nSPS) is 11.8. The lowest BCUT2D eigenvalue weighted by Gasteiger charge is -2.14. The van der Waals surface area contributed by atoms with Crippen molar-refractivity contribution < 1.29 is 9.59 Å². The first-order chi connectivity index (χ1) is 9.54. The first-order valence-corrected chi connectivity index (χ1v) is 6.96. The standard InChI is InChI=1S/C14H20ClN3O2/c1-10(13(19)17-9-3-2-8-16)18-14(20)11-4-6-12(15)7-5-11/h4-7,10H,2-3,8-9,16H2,1H3,(H,17,19)(H,18,20). The summed E-state index contributed by atoms with van der Waals surface area (Å²) in [5.74, 6) is -0.504. The molecule has 0 bridgehead atoms. The summed E-state index contributed by atoms with van der Waals surface area (Å²) >= 11 is 5.75. The van der Waals surface area contributed by atoms with Gasteiger partial charge in [-0.1, -0.05) is 11.6 Å². The van der Waals surface area contributed by atoms with Crippen molar-refractivity contribution in [2.24, 2.45) is 5.73 Å². The smallest absolute Gasteiger partial charge is 0.251 e. The van der Waals surface area contributed by atoms with Crippen molar-refractivity contribution in [3.8, 4) is 0 Å². The number of nitrogens with one attached hydrogen (secondary N) is 2. The third-order valence-corrected chi connectivity index (χ3v) is 3.03. The van der Waals surface area contributed by atoms with E-state index >= 15 is 0 Å². The van der Waals surface area contributed by atoms with Crippen LogP contribution in [-0.4, -0.2) is 30.9 Å². The minimum Gasteiger partial charge on any atom is -0.354 e. The van der Waals surface area contributed by atoms with Crippen LogP contribution >= 0.6 is 11.6 Å². The molecule has 0 aliphatic carbocycles. The average Bonchev–Trinajstić information content (AvgIpc) is 2.44. The summed E-state index contributed by atoms with van der Waals surface area (Å²) in [5, 5.41) is 5.95. The largest absolute Gasteiger partial charge is 0.354 e. The van der Waals surface area contributed by atoms with E-state index in [1.807, 2.05) is 0 Å². The number of hydrogen-bond donors (Lipinski definition) is 3. The molecule has 6 heteroatoms. The molecule has 0 saturated carbocycles. The molecule has 0 radical (unpaired) electrons. The minimum atomic E-state index is -0.587. The number of nitrogens with two attached hydrogens (primary N) is 1. The van der Waals surface area contributed by atoms with Crippen LogP contribution in [-0.2, 0) is 4.79 Å². The molecule has 1 atom stereocenters. The van der Waals surface area contributed by atoms with Gasteiger partial charge >= 0.3 is 0 Å². The van der Waals surface area contributed by atoms with Gasteiger partial charge in [0, 0.05) is 17.1 Å². The van der Waals surface area contributed by atoms with E-state index in [0.29, 0.717) is 23.7 Å². The van der Waals surface area contributed by atoms with Gasteiger partial charge in [-0.3, -0.25) is 9.59 Å². The Labute approximate surface area is 123 Å². The number of carbonyl (C=O) groups is 2. The van der Waals surface area contributed by atoms with Gasteiger partial charge in [0.05, 0.1) is 0 Å². The lowest BCUT2D eigenvalue weighted by atomic mass is 10.2. The molecule has 2 amide bonds. The molecule has 0 fully saturated rings. The number of rotatable bonds is 7. The van der Waals surface area contributed by atoms with E-state index < -0.39 is 6.04 Å². The molecule has 0 aromatic heterocycles. The Morgan fingerprint density at radius 3 is 2.50 bits per heavy atom. The second-order valence-electron chi connectivity index (χ2n) is 4.49. The number of amides is 2. The second-order valence-corrected chi connectivity index (χ2v) is 4.93. The van der Waals surface area contributed by atoms with E-state index in [-0.39, 0.29) is 11.8 Å². The molecule has 0 saturated heterocycles. The van der Waals surface area contributed by atoms with Crippen molar-refractivity contribution in [2.75, 3.05) is 13.1 Å². The van der Waals surface area contributed by atoms with Crippen LogP contribution in [0.15, 0.2) is 24.3 Å². The zero-order valence-electron chi connectivity index (χ0n) is 11.5. The van der Waals surface area contributed by atoms with Crippen molar-refractivity contribution in [2.45, 2.75) is 25.8 Å². The maximum atomic E-state index is 11.9. The van der Waals surface area contributed by atoms with Gasteiger partial charge in [-0.05, 0) is 50.6 Å². The molecule has 0 heterocycles. The van der Waals surface area contributed by atoms with E-state index in [1.54, 1.807) is 31.2 Å². The van der Waals surface area contributed by atoms with E-state index in [9.17, 15) is 9.59 Å². The first-order valence-electron chi connectivity index (χ1n) is 6.59. The summed E-state index contributed by atoms with van der Waals surface area (Å²) in [6.07, 6.45) is 1.70. The number of carbonyl (C=O) groups excluding carboxylic acids is 2. The van der Waals surface area contributed by atoms with Gasteiger partial charge in [-0.2, -0.15) is 0 Å². The molecule has 20 heavy (non-hydrogen) atoms. The number of benzene rings is 1. The topological polar surface area (TPSA) is 84.2 Å². The summed E-state index contributed by atoms with van der Waals surface area (Å²) in [4.78, 5) is 23.6. The van der Waals surface area contributed by atoms with Crippen molar-refractivity contribution in [1.82, 2.24) is 10.6 Å². The highest BCUT2D eigenvalue weighted by atomic mass is 35.5. The quantitative estimate of drug-likeness (QED) is 0.664. The number of halogens is 1. The highest BCUT2D eigenvalue weighted by Gasteiger charge is 2.15. The fourth-order valence-corrected chi connectivity index (χ4v) is 1.71. The molecular formula is C14H20ClN3O2. The van der Waals surface area contributed by atoms with Crippen LogP contribution in [0, 0.1) is 0 Å². The van der Waals surface area contributed by atoms with Crippen molar-refractivity contribution in [1.29, 1.82) is 0 Å². The maximum Gasteiger partial charge on any atom is 0.251 e. The third-order valence-electron chi connectivity index (χ3n) is 2.78. The van der Waals surface area contributed by atoms with Gasteiger partial charge in [0.15, 0.2) is 0 Å². The maximum absolute atomic E-state index is 11.9. The highest BCUT2D eigenvalue weighted by molar-refractivity contribution is 6.30. The summed E-state index contributed by atoms with van der Waals surface area (Å²) in [5.41, 5.74) is 5.84. The molecule has 5 nitrogen and oxygen atoms in total. The van der Waals surface area contributed by atoms with Crippen LogP contribution in [0.4, 0.5) is 0 Å². The van der Waals surface area contributed by atoms with Crippen molar-refractivity contribution in [3.63, 3.8) is 0 Å². The van der Waals surface area contributed by atoms with E-state index in [1.165, 1.54) is 0 Å². The summed E-state index contributed by atoms with van der Waals surface area (Å²) < 4.78 is 0. The lowest BCUT2D eigenvalue weighted by Crippen LogP contribution is -2.45. The van der Waals surface area contributed by atoms with Gasteiger partial charge in [-0.25, -0.2) is 0 Å². The second kappa shape index (κ2) is 8.55. The molecule has 0 aliphatic rings. The number of unbranched alkanes of at least 4 members (excludes halogenated alkanes) is 1. The highest BCUT2D eigenvalue weighted by Crippen LogP contribution is 2.09. The molecule has 1 aromatic carbocycles. The number of hydrogen-bond acceptors (Lipinski definition) is 3. The molecule has 0 aliphatic heterocycles. The minimum absolute atomic E-state index is 0.204. The molecule has 4 N–H and O–H groups in total. The van der Waals surface area contributed by atoms with Gasteiger partial charge in [-0.15, -0.1) is 0 Å². The van der Waals surface area contributed by atoms with Gasteiger partial charge < -0.3 is 16.4 Å². The predicted molar refractivity (Wildman–Crippen MR) is 79.7 cm³/mol. The average molecular weight is 298 g/mol. The Kier molecular flexibility index (Phi) is 7.04. The lowest BCUT2D eigenvalue weighted by molar-refractivity contribution is -0.122. The van der Waals surface area contributed by atoms with Crippen LogP contribution in [0.5, 0.6) is 0 Å². The van der Waals surface area contributed by atoms with Crippen molar-refractivity contribution in [3.05, 3.63) is 34.9 Å². The zero-order chi connectivity index (χ0) is 15.0. The fraction of sp³-hybridized carbons (Fsp3) is 0.429. The predicted octanol–water partition coefficient (Wildman–Crippen LogP) is 1.31. The van der Waals surface area contributed by atoms with E-state index in [0.717, 1.165) is 12.8 Å². The summed E-state index contributed by atoms with van der Waals surface area (Å²) in [6, 6.07) is 5.91. The van der Waals surface area contributed by atoms with Gasteiger partial charge in [0.2, 0.25) is 5.91 Å². The van der Waals surface area contributed by atoms with Crippen molar-refractivity contribution >= 4 is 23.4 Å². The Bertz CT molecular complexity index is 448. The Hall–Kier alpha value is -1.59. The van der Waals surface area contributed by atoms with Gasteiger partial charge in [0.1, 0.15) is 6.04 Å². The Morgan fingerprint density at radius 1 is 1.25 bits per heavy atom. The third kappa shape index (κ3) is 5.59. The van der Waals surface area contributed by atoms with Crippen LogP contribution in [0.25, 0.3) is 0 Å².